The molecule has 0 heterocycles. The number of rotatable bonds is 4. The number of anilines is 1. The van der Waals surface area contributed by atoms with Gasteiger partial charge in [-0.15, -0.1) is 0 Å². The summed E-state index contributed by atoms with van der Waals surface area (Å²) in [6.07, 6.45) is -0.0878. The third-order valence-corrected chi connectivity index (χ3v) is 3.36. The number of nitrogens with zero attached hydrogens (tertiary/aromatic N) is 2. The molecule has 0 aliphatic rings. The number of hydrogen-bond donors (Lipinski definition) is 2. The van der Waals surface area contributed by atoms with Crippen molar-refractivity contribution in [1.82, 2.24) is 10.4 Å². The van der Waals surface area contributed by atoms with Crippen LogP contribution in [0.1, 0.15) is 37.5 Å². The molecular weight excluding hydrogens is 320 g/mol. The molecule has 2 amide bonds. The second-order valence-electron chi connectivity index (χ2n) is 7.12. The van der Waals surface area contributed by atoms with Gasteiger partial charge in [-0.1, -0.05) is 17.7 Å². The van der Waals surface area contributed by atoms with Gasteiger partial charge in [-0.05, 0) is 52.7 Å². The predicted octanol–water partition coefficient (Wildman–Crippen LogP) is 2.92. The number of ether oxygens (including phenoxy) is 1. The lowest BCUT2D eigenvalue weighted by atomic mass is 10.0. The normalized spacial score (nSPS) is 10.8. The molecule has 0 saturated heterocycles. The third-order valence-electron chi connectivity index (χ3n) is 3.36. The van der Waals surface area contributed by atoms with E-state index in [1.165, 1.54) is 0 Å². The first-order chi connectivity index (χ1) is 11.4. The van der Waals surface area contributed by atoms with Gasteiger partial charge in [0.25, 0.3) is 5.91 Å². The minimum atomic E-state index is -0.804. The third kappa shape index (κ3) is 6.10. The Morgan fingerprint density at radius 1 is 1.20 bits per heavy atom. The highest BCUT2D eigenvalue weighted by molar-refractivity contribution is 5.88. The van der Waals surface area contributed by atoms with Crippen molar-refractivity contribution in [3.8, 4) is 0 Å². The summed E-state index contributed by atoms with van der Waals surface area (Å²) in [5.41, 5.74) is 5.94. The van der Waals surface area contributed by atoms with Crippen molar-refractivity contribution in [2.24, 2.45) is 0 Å². The smallest absolute Gasteiger partial charge is 0.434 e. The van der Waals surface area contributed by atoms with E-state index in [1.807, 2.05) is 32.7 Å². The van der Waals surface area contributed by atoms with Crippen LogP contribution < -0.4 is 10.3 Å². The van der Waals surface area contributed by atoms with Gasteiger partial charge < -0.3 is 9.64 Å². The molecule has 0 fully saturated rings. The van der Waals surface area contributed by atoms with Gasteiger partial charge in [-0.2, -0.15) is 5.01 Å². The predicted molar refractivity (Wildman–Crippen MR) is 98.9 cm³/mol. The highest BCUT2D eigenvalue weighted by atomic mass is 16.6. The van der Waals surface area contributed by atoms with Gasteiger partial charge in [-0.25, -0.2) is 4.79 Å². The van der Waals surface area contributed by atoms with E-state index in [0.717, 1.165) is 27.4 Å². The van der Waals surface area contributed by atoms with Crippen LogP contribution in [0.25, 0.3) is 0 Å². The van der Waals surface area contributed by atoms with Crippen LogP contribution >= 0.6 is 0 Å². The number of carbonyl (C=O) groups excluding carboxylic acids is 2. The van der Waals surface area contributed by atoms with Gasteiger partial charge in [0.2, 0.25) is 0 Å². The second-order valence-corrected chi connectivity index (χ2v) is 7.12. The summed E-state index contributed by atoms with van der Waals surface area (Å²) in [6, 6.07) is 4.11. The molecule has 0 spiro atoms. The van der Waals surface area contributed by atoms with E-state index in [1.54, 1.807) is 20.8 Å². The first-order valence-corrected chi connectivity index (χ1v) is 8.06. The lowest BCUT2D eigenvalue weighted by Crippen LogP contribution is -2.50. The number of likely N-dealkylation sites (N-methyl/N-ethyl adjacent to an activating group) is 1. The first kappa shape index (κ1) is 20.5. The van der Waals surface area contributed by atoms with Crippen molar-refractivity contribution < 1.29 is 14.3 Å². The van der Waals surface area contributed by atoms with Gasteiger partial charge in [0, 0.05) is 12.7 Å². The summed E-state index contributed by atoms with van der Waals surface area (Å²) in [7, 11) is 1.81. The molecule has 1 aromatic rings. The van der Waals surface area contributed by atoms with Gasteiger partial charge >= 0.3 is 6.09 Å². The highest BCUT2D eigenvalue weighted by Crippen LogP contribution is 2.25. The van der Waals surface area contributed by atoms with Gasteiger partial charge in [0.05, 0.1) is 6.54 Å². The molecule has 0 aromatic heterocycles. The molecule has 0 bridgehead atoms. The van der Waals surface area contributed by atoms with Crippen LogP contribution in [0.5, 0.6) is 0 Å². The molecule has 0 radical (unpaired) electrons. The van der Waals surface area contributed by atoms with Gasteiger partial charge in [-0.3, -0.25) is 15.6 Å². The SMILES string of the molecule is Cc1cc(C)c(N(C)CC(=O)NN(C=N)C(=O)OC(C)(C)C)c(C)c1. The summed E-state index contributed by atoms with van der Waals surface area (Å²) < 4.78 is 5.14. The Labute approximate surface area is 149 Å². The number of hydrogen-bond acceptors (Lipinski definition) is 5. The van der Waals surface area contributed by atoms with E-state index in [-0.39, 0.29) is 6.54 Å². The topological polar surface area (TPSA) is 85.7 Å². The van der Waals surface area contributed by atoms with Crippen molar-refractivity contribution >= 4 is 24.0 Å². The first-order valence-electron chi connectivity index (χ1n) is 8.06. The van der Waals surface area contributed by atoms with Crippen LogP contribution in [-0.2, 0) is 9.53 Å². The summed E-state index contributed by atoms with van der Waals surface area (Å²) in [5, 5.41) is 8.03. The van der Waals surface area contributed by atoms with E-state index in [2.05, 4.69) is 17.6 Å². The van der Waals surface area contributed by atoms with Crippen LogP contribution in [0.4, 0.5) is 10.5 Å². The molecule has 0 saturated carbocycles. The molecule has 0 aliphatic heterocycles. The van der Waals surface area contributed by atoms with Gasteiger partial charge in [0.1, 0.15) is 11.9 Å². The Hall–Kier alpha value is -2.57. The zero-order chi connectivity index (χ0) is 19.4. The van der Waals surface area contributed by atoms with Crippen molar-refractivity contribution in [3.63, 3.8) is 0 Å². The molecule has 25 heavy (non-hydrogen) atoms. The van der Waals surface area contributed by atoms with E-state index < -0.39 is 17.6 Å². The number of carbonyl (C=O) groups is 2. The zero-order valence-electron chi connectivity index (χ0n) is 16.1. The van der Waals surface area contributed by atoms with E-state index in [0.29, 0.717) is 6.34 Å². The Kier molecular flexibility index (Phi) is 6.55. The standard InChI is InChI=1S/C18H28N4O3/c1-12-8-13(2)16(14(3)9-12)21(7)10-15(23)20-22(11-19)17(24)25-18(4,5)6/h8-9,11,19H,10H2,1-7H3,(H,20,23). The number of hydrazine groups is 1. The Balaban J connectivity index is 2.78. The number of benzene rings is 1. The minimum Gasteiger partial charge on any atom is -0.442 e. The fraction of sp³-hybridized carbons (Fsp3) is 0.500. The average molecular weight is 348 g/mol. The molecule has 1 rings (SSSR count). The molecule has 2 N–H and O–H groups in total. The Bertz CT molecular complexity index is 642. The maximum absolute atomic E-state index is 12.3. The number of aryl methyl sites for hydroxylation is 3. The molecule has 7 heteroatoms. The monoisotopic (exact) mass is 348 g/mol. The van der Waals surface area contributed by atoms with Crippen molar-refractivity contribution in [3.05, 3.63) is 28.8 Å². The van der Waals surface area contributed by atoms with Crippen molar-refractivity contribution in [2.75, 3.05) is 18.5 Å². The summed E-state index contributed by atoms with van der Waals surface area (Å²) in [4.78, 5) is 26.0. The maximum Gasteiger partial charge on any atom is 0.434 e. The fourth-order valence-electron chi connectivity index (χ4n) is 2.68. The summed E-state index contributed by atoms with van der Waals surface area (Å²) in [5.74, 6) is -0.420. The Morgan fingerprint density at radius 3 is 2.16 bits per heavy atom. The van der Waals surface area contributed by atoms with Crippen LogP contribution in [0.15, 0.2) is 12.1 Å². The summed E-state index contributed by atoms with van der Waals surface area (Å²) in [6.45, 7) is 11.2. The Morgan fingerprint density at radius 2 is 1.72 bits per heavy atom. The number of nitrogens with one attached hydrogen (secondary N) is 2. The molecule has 0 aliphatic carbocycles. The molecular formula is C18H28N4O3. The van der Waals surface area contributed by atoms with Crippen LogP contribution in [0.2, 0.25) is 0 Å². The zero-order valence-corrected chi connectivity index (χ0v) is 16.1. The van der Waals surface area contributed by atoms with E-state index >= 15 is 0 Å². The van der Waals surface area contributed by atoms with Gasteiger partial charge in [0.15, 0.2) is 0 Å². The molecule has 138 valence electrons. The molecule has 0 unspecified atom stereocenters. The average Bonchev–Trinajstić information content (AvgIpc) is 2.41. The summed E-state index contributed by atoms with van der Waals surface area (Å²) >= 11 is 0. The lowest BCUT2D eigenvalue weighted by Gasteiger charge is -2.27. The van der Waals surface area contributed by atoms with Crippen molar-refractivity contribution in [2.45, 2.75) is 47.1 Å². The van der Waals surface area contributed by atoms with Crippen LogP contribution in [-0.4, -0.2) is 42.5 Å². The molecule has 0 atom stereocenters. The minimum absolute atomic E-state index is 0.0396. The van der Waals surface area contributed by atoms with E-state index in [9.17, 15) is 9.59 Å². The quantitative estimate of drug-likeness (QED) is 0.498. The maximum atomic E-state index is 12.3. The van der Waals surface area contributed by atoms with E-state index in [4.69, 9.17) is 10.1 Å². The fourth-order valence-corrected chi connectivity index (χ4v) is 2.68. The van der Waals surface area contributed by atoms with Crippen LogP contribution in [0.3, 0.4) is 0 Å². The molecule has 7 nitrogen and oxygen atoms in total. The van der Waals surface area contributed by atoms with Crippen LogP contribution in [0, 0.1) is 26.2 Å². The largest absolute Gasteiger partial charge is 0.442 e. The van der Waals surface area contributed by atoms with Crippen molar-refractivity contribution in [1.29, 1.82) is 5.41 Å². The highest BCUT2D eigenvalue weighted by Gasteiger charge is 2.23. The lowest BCUT2D eigenvalue weighted by molar-refractivity contribution is -0.122. The second kappa shape index (κ2) is 8.00. The number of amides is 2. The molecule has 1 aromatic carbocycles.